The molecule has 38 heavy (non-hydrogen) atoms. The van der Waals surface area contributed by atoms with E-state index >= 15 is 0 Å². The summed E-state index contributed by atoms with van der Waals surface area (Å²) in [5.41, 5.74) is 14.2. The Balaban J connectivity index is 1.43. The Kier molecular flexibility index (Phi) is 3.69. The predicted molar refractivity (Wildman–Crippen MR) is 158 cm³/mol. The maximum Gasteiger partial charge on any atom is 0.0626 e. The van der Waals surface area contributed by atoms with Gasteiger partial charge >= 0.3 is 0 Å². The molecule has 0 N–H and O–H groups in total. The van der Waals surface area contributed by atoms with Gasteiger partial charge in [-0.15, -0.1) is 0 Å². The molecule has 4 aromatic rings. The maximum absolute atomic E-state index is 2.64. The average molecular weight is 493 g/mol. The largest absolute Gasteiger partial charge is 0.334 e. The molecule has 3 aliphatic heterocycles. The summed E-state index contributed by atoms with van der Waals surface area (Å²) in [5, 5.41) is 2.77. The van der Waals surface area contributed by atoms with Gasteiger partial charge in [-0.25, -0.2) is 0 Å². The zero-order valence-electron chi connectivity index (χ0n) is 22.5. The van der Waals surface area contributed by atoms with Gasteiger partial charge < -0.3 is 9.47 Å². The first-order chi connectivity index (χ1) is 18.4. The van der Waals surface area contributed by atoms with Crippen molar-refractivity contribution in [2.75, 3.05) is 4.90 Å². The van der Waals surface area contributed by atoms with Crippen LogP contribution in [-0.4, -0.2) is 10.6 Å². The quantitative estimate of drug-likeness (QED) is 0.258. The first kappa shape index (κ1) is 21.2. The fraction of sp³-hybridized carbons (Fsp3) is 0.278. The van der Waals surface area contributed by atoms with Crippen LogP contribution in [0, 0.1) is 5.92 Å². The Hall–Kier alpha value is -3.78. The highest BCUT2D eigenvalue weighted by Gasteiger charge is 2.45. The third-order valence-electron chi connectivity index (χ3n) is 10.4. The van der Waals surface area contributed by atoms with Crippen molar-refractivity contribution in [2.24, 2.45) is 5.92 Å². The first-order valence-corrected chi connectivity index (χ1v) is 14.2. The number of hydrogen-bond acceptors (Lipinski definition) is 1. The van der Waals surface area contributed by atoms with Crippen molar-refractivity contribution in [3.8, 4) is 5.69 Å². The van der Waals surface area contributed by atoms with E-state index in [-0.39, 0.29) is 10.8 Å². The lowest BCUT2D eigenvalue weighted by molar-refractivity contribution is 0.593. The Morgan fingerprint density at radius 1 is 0.763 bits per heavy atom. The van der Waals surface area contributed by atoms with Gasteiger partial charge in [-0.1, -0.05) is 94.5 Å². The smallest absolute Gasteiger partial charge is 0.0626 e. The van der Waals surface area contributed by atoms with Crippen LogP contribution in [0.3, 0.4) is 0 Å². The second kappa shape index (κ2) is 6.61. The number of nitrogens with zero attached hydrogens (tertiary/aromatic N) is 2. The molecule has 9 rings (SSSR count). The van der Waals surface area contributed by atoms with Crippen molar-refractivity contribution in [3.05, 3.63) is 119 Å². The van der Waals surface area contributed by atoms with Gasteiger partial charge in [-0.05, 0) is 58.9 Å². The van der Waals surface area contributed by atoms with Crippen LogP contribution in [0.4, 0.5) is 5.69 Å². The Bertz CT molecular complexity index is 1880. The number of rotatable bonds is 1. The third-order valence-corrected chi connectivity index (χ3v) is 10.4. The number of para-hydroxylation sites is 2. The second-order valence-electron chi connectivity index (χ2n) is 12.9. The molecule has 5 aliphatic rings. The van der Waals surface area contributed by atoms with Gasteiger partial charge in [-0.2, -0.15) is 0 Å². The van der Waals surface area contributed by atoms with Crippen LogP contribution in [0.25, 0.3) is 27.5 Å². The summed E-state index contributed by atoms with van der Waals surface area (Å²) in [6, 6.07) is 19.4. The Morgan fingerprint density at radius 3 is 2.32 bits per heavy atom. The zero-order chi connectivity index (χ0) is 25.6. The second-order valence-corrected chi connectivity index (χ2v) is 12.9. The molecule has 2 aliphatic carbocycles. The summed E-state index contributed by atoms with van der Waals surface area (Å²) < 4.78 is 2.63. The van der Waals surface area contributed by atoms with Crippen LogP contribution in [0.5, 0.6) is 0 Å². The fourth-order valence-electron chi connectivity index (χ4n) is 8.48. The molecule has 1 aromatic heterocycles. The highest BCUT2D eigenvalue weighted by Crippen LogP contribution is 2.56. The molecule has 0 fully saturated rings. The van der Waals surface area contributed by atoms with Crippen LogP contribution in [0.2, 0.25) is 0 Å². The van der Waals surface area contributed by atoms with Crippen molar-refractivity contribution >= 4 is 27.5 Å². The Morgan fingerprint density at radius 2 is 1.47 bits per heavy atom. The third kappa shape index (κ3) is 2.25. The lowest BCUT2D eigenvalue weighted by Gasteiger charge is -2.42. The normalized spacial score (nSPS) is 24.6. The van der Waals surface area contributed by atoms with Gasteiger partial charge in [-0.3, -0.25) is 0 Å². The number of hydrogen-bond donors (Lipinski definition) is 0. The molecule has 3 aromatic carbocycles. The van der Waals surface area contributed by atoms with Gasteiger partial charge in [0.2, 0.25) is 0 Å². The van der Waals surface area contributed by atoms with E-state index in [1.807, 2.05) is 0 Å². The minimum absolute atomic E-state index is 0.0420. The molecule has 0 bridgehead atoms. The monoisotopic (exact) mass is 492 g/mol. The van der Waals surface area contributed by atoms with E-state index in [4.69, 9.17) is 0 Å². The molecule has 0 saturated heterocycles. The number of benzene rings is 3. The first-order valence-electron chi connectivity index (χ1n) is 14.2. The summed E-state index contributed by atoms with van der Waals surface area (Å²) in [4.78, 5) is 2.64. The van der Waals surface area contributed by atoms with Crippen LogP contribution >= 0.6 is 0 Å². The minimum atomic E-state index is -0.0986. The van der Waals surface area contributed by atoms with Gasteiger partial charge in [0, 0.05) is 38.9 Å². The highest BCUT2D eigenvalue weighted by molar-refractivity contribution is 6.15. The molecule has 0 spiro atoms. The zero-order valence-corrected chi connectivity index (χ0v) is 22.5. The number of allylic oxidation sites excluding steroid dienone is 4. The van der Waals surface area contributed by atoms with Crippen LogP contribution in [-0.2, 0) is 10.8 Å². The molecule has 2 atom stereocenters. The van der Waals surface area contributed by atoms with Gasteiger partial charge in [0.25, 0.3) is 0 Å². The molecule has 0 radical (unpaired) electrons. The molecule has 2 unspecified atom stereocenters. The topological polar surface area (TPSA) is 8.17 Å². The van der Waals surface area contributed by atoms with E-state index in [9.17, 15) is 0 Å². The van der Waals surface area contributed by atoms with Crippen molar-refractivity contribution in [2.45, 2.75) is 57.4 Å². The predicted octanol–water partition coefficient (Wildman–Crippen LogP) is 8.60. The summed E-state index contributed by atoms with van der Waals surface area (Å²) in [6.45, 7) is 9.69. The maximum atomic E-state index is 2.64. The number of aromatic nitrogens is 1. The van der Waals surface area contributed by atoms with Crippen molar-refractivity contribution in [1.82, 2.24) is 4.57 Å². The van der Waals surface area contributed by atoms with Gasteiger partial charge in [0.15, 0.2) is 0 Å². The summed E-state index contributed by atoms with van der Waals surface area (Å²) in [7, 11) is 0. The molecular weight excluding hydrogens is 460 g/mol. The van der Waals surface area contributed by atoms with E-state index in [1.54, 1.807) is 5.57 Å². The lowest BCUT2D eigenvalue weighted by Crippen LogP contribution is -2.34. The molecule has 2 heteroatoms. The fourth-order valence-corrected chi connectivity index (χ4v) is 8.48. The summed E-state index contributed by atoms with van der Waals surface area (Å²) in [6.07, 6.45) is 16.4. The minimum Gasteiger partial charge on any atom is -0.334 e. The van der Waals surface area contributed by atoms with Crippen molar-refractivity contribution in [3.63, 3.8) is 0 Å². The van der Waals surface area contributed by atoms with Crippen LogP contribution < -0.4 is 4.90 Å². The van der Waals surface area contributed by atoms with E-state index in [0.29, 0.717) is 12.0 Å². The molecule has 0 saturated carbocycles. The molecule has 0 amide bonds. The summed E-state index contributed by atoms with van der Waals surface area (Å²) >= 11 is 0. The standard InChI is InChI=1S/C36H32N2/c1-35(2)26-14-9-13-24-25-19-21(37-30-17-7-5-11-22(30)23-12-6-8-18-31(23)37)20-29-33(25)38(32(24)26)34-27(35)15-10-16-28(34)36(29,3)4/h5,7-11,13-20,22,30H,6,12H2,1-4H3. The van der Waals surface area contributed by atoms with Gasteiger partial charge in [0.05, 0.1) is 22.8 Å². The number of anilines is 1. The molecular formula is C36H32N2. The summed E-state index contributed by atoms with van der Waals surface area (Å²) in [5.74, 6) is 0.471. The van der Waals surface area contributed by atoms with Crippen LogP contribution in [0.15, 0.2) is 96.3 Å². The molecule has 2 nitrogen and oxygen atoms in total. The molecule has 4 heterocycles. The SMILES string of the molecule is CC1(C)c2cccc3c2-n2c4c1cccc4c1cc(N4C5=C(CCC=C5)C5C=CC=CC54)cc(c12)C3(C)C. The average Bonchev–Trinajstić information content (AvgIpc) is 3.44. The van der Waals surface area contributed by atoms with Crippen molar-refractivity contribution < 1.29 is 0 Å². The van der Waals surface area contributed by atoms with Crippen molar-refractivity contribution in [1.29, 1.82) is 0 Å². The number of fused-ring (bicyclic) bond motifs is 3. The van der Waals surface area contributed by atoms with Gasteiger partial charge in [0.1, 0.15) is 0 Å². The Labute approximate surface area is 224 Å². The lowest BCUT2D eigenvalue weighted by atomic mass is 9.68. The van der Waals surface area contributed by atoms with E-state index in [0.717, 1.165) is 12.8 Å². The highest BCUT2D eigenvalue weighted by atomic mass is 15.2. The molecule has 186 valence electrons. The van der Waals surface area contributed by atoms with Crippen LogP contribution in [0.1, 0.15) is 62.8 Å². The van der Waals surface area contributed by atoms with E-state index in [1.165, 1.54) is 61.1 Å². The van der Waals surface area contributed by atoms with E-state index < -0.39 is 0 Å². The van der Waals surface area contributed by atoms with E-state index in [2.05, 4.69) is 122 Å².